The Labute approximate surface area is 97.1 Å². The first kappa shape index (κ1) is 10.9. The van der Waals surface area contributed by atoms with Gasteiger partial charge in [0, 0.05) is 11.6 Å². The third-order valence-corrected chi connectivity index (χ3v) is 3.02. The maximum Gasteiger partial charge on any atom is 0.128 e. The van der Waals surface area contributed by atoms with Crippen molar-refractivity contribution in [1.29, 1.82) is 0 Å². The lowest BCUT2D eigenvalue weighted by Crippen LogP contribution is -2.03. The fourth-order valence-corrected chi connectivity index (χ4v) is 1.92. The van der Waals surface area contributed by atoms with E-state index in [1.165, 1.54) is 6.07 Å². The highest BCUT2D eigenvalue weighted by atomic mass is 32.1. The van der Waals surface area contributed by atoms with Crippen molar-refractivity contribution in [1.82, 2.24) is 4.98 Å². The molecule has 16 heavy (non-hydrogen) atoms. The van der Waals surface area contributed by atoms with Crippen LogP contribution in [0.5, 0.6) is 0 Å². The van der Waals surface area contributed by atoms with Crippen LogP contribution in [-0.2, 0) is 6.54 Å². The first-order valence-electron chi connectivity index (χ1n) is 4.84. The second-order valence-electron chi connectivity index (χ2n) is 3.47. The second-order valence-corrected chi connectivity index (χ2v) is 4.45. The molecule has 1 aromatic carbocycles. The lowest BCUT2D eigenvalue weighted by atomic mass is 10.2. The van der Waals surface area contributed by atoms with E-state index in [2.05, 4.69) is 10.3 Å². The van der Waals surface area contributed by atoms with Crippen molar-refractivity contribution in [3.05, 3.63) is 40.1 Å². The van der Waals surface area contributed by atoms with E-state index in [0.29, 0.717) is 17.8 Å². The summed E-state index contributed by atoms with van der Waals surface area (Å²) in [5.41, 5.74) is 7.45. The lowest BCUT2D eigenvalue weighted by Gasteiger charge is -2.09. The van der Waals surface area contributed by atoms with Gasteiger partial charge >= 0.3 is 0 Å². The minimum atomic E-state index is -0.280. The molecular formula is C11H12FN3S. The van der Waals surface area contributed by atoms with Gasteiger partial charge in [-0.05, 0) is 24.6 Å². The molecule has 0 saturated carbocycles. The Kier molecular flexibility index (Phi) is 3.05. The van der Waals surface area contributed by atoms with Crippen molar-refractivity contribution in [2.75, 3.05) is 11.1 Å². The largest absolute Gasteiger partial charge is 0.397 e. The molecule has 1 heterocycles. The van der Waals surface area contributed by atoms with Gasteiger partial charge in [0.05, 0.1) is 17.9 Å². The number of aryl methyl sites for hydroxylation is 1. The monoisotopic (exact) mass is 237 g/mol. The Morgan fingerprint density at radius 2 is 2.31 bits per heavy atom. The smallest absolute Gasteiger partial charge is 0.128 e. The van der Waals surface area contributed by atoms with Crippen LogP contribution in [0.3, 0.4) is 0 Å². The number of anilines is 2. The Hall–Kier alpha value is -1.62. The van der Waals surface area contributed by atoms with E-state index in [1.807, 2.05) is 5.38 Å². The van der Waals surface area contributed by atoms with Crippen molar-refractivity contribution in [3.8, 4) is 0 Å². The summed E-state index contributed by atoms with van der Waals surface area (Å²) in [6.45, 7) is 2.32. The van der Waals surface area contributed by atoms with Gasteiger partial charge in [0.2, 0.25) is 0 Å². The first-order valence-corrected chi connectivity index (χ1v) is 5.72. The van der Waals surface area contributed by atoms with E-state index < -0.39 is 0 Å². The molecule has 0 unspecified atom stereocenters. The molecule has 0 aliphatic carbocycles. The average molecular weight is 237 g/mol. The highest BCUT2D eigenvalue weighted by Gasteiger charge is 2.05. The molecule has 0 saturated heterocycles. The van der Waals surface area contributed by atoms with E-state index in [1.54, 1.807) is 30.5 Å². The Balaban J connectivity index is 2.12. The molecule has 0 bridgehead atoms. The maximum absolute atomic E-state index is 13.2. The van der Waals surface area contributed by atoms with Gasteiger partial charge in [0.1, 0.15) is 10.8 Å². The summed E-state index contributed by atoms with van der Waals surface area (Å²) in [6.07, 6.45) is 1.75. The molecule has 5 heteroatoms. The van der Waals surface area contributed by atoms with Crippen LogP contribution in [0.2, 0.25) is 0 Å². The van der Waals surface area contributed by atoms with Crippen LogP contribution in [0.25, 0.3) is 0 Å². The number of nitrogens with one attached hydrogen (secondary N) is 1. The molecule has 84 valence electrons. The zero-order valence-electron chi connectivity index (χ0n) is 8.83. The Morgan fingerprint density at radius 1 is 1.50 bits per heavy atom. The highest BCUT2D eigenvalue weighted by Crippen LogP contribution is 2.23. The number of hydrogen-bond donors (Lipinski definition) is 2. The summed E-state index contributed by atoms with van der Waals surface area (Å²) in [4.78, 5) is 4.14. The summed E-state index contributed by atoms with van der Waals surface area (Å²) >= 11 is 1.57. The van der Waals surface area contributed by atoms with Gasteiger partial charge in [-0.25, -0.2) is 9.37 Å². The van der Waals surface area contributed by atoms with Gasteiger partial charge < -0.3 is 11.1 Å². The summed E-state index contributed by atoms with van der Waals surface area (Å²) in [5, 5.41) is 6.03. The predicted octanol–water partition coefficient (Wildman–Crippen LogP) is 2.78. The summed E-state index contributed by atoms with van der Waals surface area (Å²) < 4.78 is 13.2. The fourth-order valence-electron chi connectivity index (χ4n) is 1.36. The predicted molar refractivity (Wildman–Crippen MR) is 65.0 cm³/mol. The fraction of sp³-hybridized carbons (Fsp3) is 0.182. The molecule has 0 fully saturated rings. The number of nitrogens with two attached hydrogens (primary N) is 1. The molecule has 0 aliphatic rings. The van der Waals surface area contributed by atoms with Crippen molar-refractivity contribution in [2.24, 2.45) is 0 Å². The summed E-state index contributed by atoms with van der Waals surface area (Å²) in [6, 6.07) is 3.04. The molecule has 0 spiro atoms. The van der Waals surface area contributed by atoms with Crippen molar-refractivity contribution < 1.29 is 4.39 Å². The Morgan fingerprint density at radius 3 is 3.00 bits per heavy atom. The van der Waals surface area contributed by atoms with Crippen LogP contribution < -0.4 is 11.1 Å². The molecule has 2 rings (SSSR count). The van der Waals surface area contributed by atoms with Crippen molar-refractivity contribution in [2.45, 2.75) is 13.5 Å². The molecule has 3 N–H and O–H groups in total. The number of benzene rings is 1. The minimum absolute atomic E-state index is 0.280. The van der Waals surface area contributed by atoms with Crippen LogP contribution in [0.15, 0.2) is 23.7 Å². The molecule has 3 nitrogen and oxygen atoms in total. The molecular weight excluding hydrogens is 225 g/mol. The standard InChI is InChI=1S/C11H12FN3S/c1-7-4-10(9(13)5-8(7)12)15-6-11-14-2-3-16-11/h2-5,15H,6,13H2,1H3. The molecule has 0 atom stereocenters. The zero-order valence-corrected chi connectivity index (χ0v) is 9.64. The van der Waals surface area contributed by atoms with Crippen LogP contribution in [0.1, 0.15) is 10.6 Å². The first-order chi connectivity index (χ1) is 7.66. The van der Waals surface area contributed by atoms with Crippen LogP contribution in [-0.4, -0.2) is 4.98 Å². The van der Waals surface area contributed by atoms with Gasteiger partial charge in [0.15, 0.2) is 0 Å². The van der Waals surface area contributed by atoms with E-state index in [-0.39, 0.29) is 5.82 Å². The number of hydrogen-bond acceptors (Lipinski definition) is 4. The van der Waals surface area contributed by atoms with Crippen molar-refractivity contribution >= 4 is 22.7 Å². The van der Waals surface area contributed by atoms with E-state index in [0.717, 1.165) is 10.7 Å². The van der Waals surface area contributed by atoms with Crippen LogP contribution >= 0.6 is 11.3 Å². The SMILES string of the molecule is Cc1cc(NCc2nccs2)c(N)cc1F. The zero-order chi connectivity index (χ0) is 11.5. The normalized spacial score (nSPS) is 10.4. The van der Waals surface area contributed by atoms with E-state index in [4.69, 9.17) is 5.73 Å². The van der Waals surface area contributed by atoms with Crippen LogP contribution in [0.4, 0.5) is 15.8 Å². The van der Waals surface area contributed by atoms with Gasteiger partial charge in [-0.1, -0.05) is 0 Å². The second kappa shape index (κ2) is 4.49. The molecule has 1 aromatic heterocycles. The van der Waals surface area contributed by atoms with Crippen LogP contribution in [0, 0.1) is 12.7 Å². The van der Waals surface area contributed by atoms with Crippen molar-refractivity contribution in [3.63, 3.8) is 0 Å². The third kappa shape index (κ3) is 2.30. The van der Waals surface area contributed by atoms with Gasteiger partial charge in [-0.2, -0.15) is 0 Å². The topological polar surface area (TPSA) is 50.9 Å². The Bertz CT molecular complexity index is 482. The molecule has 0 amide bonds. The third-order valence-electron chi connectivity index (χ3n) is 2.24. The van der Waals surface area contributed by atoms with Gasteiger partial charge in [-0.3, -0.25) is 0 Å². The maximum atomic E-state index is 13.2. The lowest BCUT2D eigenvalue weighted by molar-refractivity contribution is 0.619. The number of nitrogens with zero attached hydrogens (tertiary/aromatic N) is 1. The summed E-state index contributed by atoms with van der Waals surface area (Å²) in [7, 11) is 0. The van der Waals surface area contributed by atoms with Gasteiger partial charge in [0.25, 0.3) is 0 Å². The quantitative estimate of drug-likeness (QED) is 0.807. The number of aromatic nitrogens is 1. The van der Waals surface area contributed by atoms with E-state index >= 15 is 0 Å². The summed E-state index contributed by atoms with van der Waals surface area (Å²) in [5.74, 6) is -0.280. The van der Waals surface area contributed by atoms with E-state index in [9.17, 15) is 4.39 Å². The number of thiazole rings is 1. The molecule has 0 aliphatic heterocycles. The number of nitrogen functional groups attached to an aromatic ring is 1. The average Bonchev–Trinajstić information content (AvgIpc) is 2.74. The minimum Gasteiger partial charge on any atom is -0.397 e. The number of rotatable bonds is 3. The van der Waals surface area contributed by atoms with Gasteiger partial charge in [-0.15, -0.1) is 11.3 Å². The molecule has 2 aromatic rings. The number of halogens is 1. The molecule has 0 radical (unpaired) electrons. The highest BCUT2D eigenvalue weighted by molar-refractivity contribution is 7.09.